The van der Waals surface area contributed by atoms with Crippen molar-refractivity contribution in [3.8, 4) is 0 Å². The molecule has 10 heteroatoms. The number of carbonyl (C=O) groups is 1. The quantitative estimate of drug-likeness (QED) is 0.415. The largest absolute Gasteiger partial charge is 0.415 e. The lowest BCUT2D eigenvalue weighted by Crippen LogP contribution is -2.77. The predicted octanol–water partition coefficient (Wildman–Crippen LogP) is 3.26. The molecule has 2 heterocycles. The molecule has 2 aliphatic rings. The number of benzene rings is 2. The number of amides is 1. The van der Waals surface area contributed by atoms with E-state index in [1.54, 1.807) is 36.4 Å². The molecule has 3 unspecified atom stereocenters. The van der Waals surface area contributed by atoms with Gasteiger partial charge in [-0.1, -0.05) is 24.3 Å². The fourth-order valence-electron chi connectivity index (χ4n) is 4.84. The maximum atomic E-state index is 14.8. The first-order valence-electron chi connectivity index (χ1n) is 9.45. The van der Waals surface area contributed by atoms with Gasteiger partial charge in [0.15, 0.2) is 17.3 Å². The van der Waals surface area contributed by atoms with Crippen LogP contribution in [0.2, 0.25) is 0 Å². The Balaban J connectivity index is 1.80. The first kappa shape index (κ1) is 21.8. The molecule has 0 saturated carbocycles. The van der Waals surface area contributed by atoms with E-state index in [-0.39, 0.29) is 10.7 Å². The van der Waals surface area contributed by atoms with Crippen LogP contribution in [0, 0.1) is 11.7 Å². The molecule has 1 spiro atoms. The summed E-state index contributed by atoms with van der Waals surface area (Å²) < 4.78 is 60.3. The number of alkyl halides is 3. The van der Waals surface area contributed by atoms with Gasteiger partial charge in [-0.05, 0) is 18.2 Å². The Hall–Kier alpha value is -2.40. The molecule has 0 aliphatic carbocycles. The third-order valence-electron chi connectivity index (χ3n) is 6.35. The number of hydrogen-bond acceptors (Lipinski definition) is 4. The Morgan fingerprint density at radius 3 is 2.55 bits per heavy atom. The smallest absolute Gasteiger partial charge is 0.396 e. The fourth-order valence-corrected chi connectivity index (χ4v) is 5.19. The number of quaternary nitrogens is 1. The molecular formula is C21H19F4N2O3S+. The Kier molecular flexibility index (Phi) is 5.16. The van der Waals surface area contributed by atoms with Gasteiger partial charge < -0.3 is 9.84 Å². The molecule has 4 rings (SSSR count). The highest BCUT2D eigenvalue weighted by molar-refractivity contribution is 7.80. The zero-order chi connectivity index (χ0) is 22.6. The number of fused-ring (bicyclic) bond motifs is 2. The van der Waals surface area contributed by atoms with Crippen molar-refractivity contribution < 1.29 is 32.2 Å². The summed E-state index contributed by atoms with van der Waals surface area (Å²) in [6, 6.07) is 12.3. The van der Waals surface area contributed by atoms with Crippen molar-refractivity contribution in [1.29, 1.82) is 0 Å². The van der Waals surface area contributed by atoms with Crippen molar-refractivity contribution in [3.63, 3.8) is 0 Å². The first-order valence-corrected chi connectivity index (χ1v) is 9.86. The maximum absolute atomic E-state index is 14.8. The highest BCUT2D eigenvalue weighted by Gasteiger charge is 2.77. The van der Waals surface area contributed by atoms with Crippen molar-refractivity contribution in [2.45, 2.75) is 17.8 Å². The summed E-state index contributed by atoms with van der Waals surface area (Å²) in [5, 5.41) is 12.4. The predicted molar refractivity (Wildman–Crippen MR) is 109 cm³/mol. The summed E-state index contributed by atoms with van der Waals surface area (Å²) in [4.78, 5) is 12.7. The van der Waals surface area contributed by atoms with E-state index in [2.05, 4.69) is 5.32 Å². The van der Waals surface area contributed by atoms with Crippen molar-refractivity contribution in [3.05, 3.63) is 65.5 Å². The van der Waals surface area contributed by atoms with Gasteiger partial charge in [-0.15, -0.1) is 0 Å². The third kappa shape index (κ3) is 2.93. The topological polar surface area (TPSA) is 58.6 Å². The average Bonchev–Trinajstić information content (AvgIpc) is 3.16. The summed E-state index contributed by atoms with van der Waals surface area (Å²) in [5.41, 5.74) is -1.01. The molecule has 1 fully saturated rings. The molecule has 5 nitrogen and oxygen atoms in total. The van der Waals surface area contributed by atoms with Crippen LogP contribution in [0.4, 0.5) is 23.2 Å². The van der Waals surface area contributed by atoms with E-state index < -0.39 is 53.2 Å². The molecule has 2 aliphatic heterocycles. The molecule has 164 valence electrons. The first-order chi connectivity index (χ1) is 14.6. The minimum atomic E-state index is -4.77. The van der Waals surface area contributed by atoms with Gasteiger partial charge in [-0.3, -0.25) is 10.1 Å². The lowest BCUT2D eigenvalue weighted by atomic mass is 9.67. The molecule has 2 N–H and O–H groups in total. The van der Waals surface area contributed by atoms with Crippen LogP contribution in [-0.4, -0.2) is 48.7 Å². The van der Waals surface area contributed by atoms with Gasteiger partial charge in [0.25, 0.3) is 11.0 Å². The van der Waals surface area contributed by atoms with Crippen molar-refractivity contribution in [1.82, 2.24) is 9.80 Å². The molecule has 1 amide bonds. The van der Waals surface area contributed by atoms with Gasteiger partial charge in [0.1, 0.15) is 18.0 Å². The highest BCUT2D eigenvalue weighted by atomic mass is 32.1. The molecule has 2 aromatic carbocycles. The number of aliphatic hydroxyl groups is 1. The summed E-state index contributed by atoms with van der Waals surface area (Å²) in [5.74, 6) is -2.78. The zero-order valence-corrected chi connectivity index (χ0v) is 17.1. The average molecular weight is 455 g/mol. The standard InChI is InChI=1S/C21H18F4N2O3S/c1-27(19(31)26-18(29)12-6-3-2-4-7-12)15-9-5-8-14(22)16(15)20(27)11-30-17(13(20)10-28)21(23,24)25/h2-9,13,17,28H,10-11H2,1H3/p+1/t13?,17-,20?,27?/m0/s1. The van der Waals surface area contributed by atoms with Crippen LogP contribution in [0.3, 0.4) is 0 Å². The monoisotopic (exact) mass is 455 g/mol. The van der Waals surface area contributed by atoms with E-state index in [9.17, 15) is 27.5 Å². The number of nitrogens with one attached hydrogen (secondary N) is 1. The normalized spacial score (nSPS) is 29.4. The molecule has 0 radical (unpaired) electrons. The van der Waals surface area contributed by atoms with Crippen LogP contribution in [-0.2, 0) is 10.3 Å². The maximum Gasteiger partial charge on any atom is 0.415 e. The Bertz CT molecular complexity index is 1050. The van der Waals surface area contributed by atoms with Crippen LogP contribution in [0.15, 0.2) is 48.5 Å². The lowest BCUT2D eigenvalue weighted by Gasteiger charge is -2.57. The van der Waals surface area contributed by atoms with Crippen LogP contribution in [0.5, 0.6) is 0 Å². The molecule has 1 saturated heterocycles. The molecule has 4 atom stereocenters. The van der Waals surface area contributed by atoms with E-state index in [0.29, 0.717) is 11.3 Å². The van der Waals surface area contributed by atoms with Crippen LogP contribution in [0.25, 0.3) is 0 Å². The van der Waals surface area contributed by atoms with Crippen molar-refractivity contribution >= 4 is 28.9 Å². The van der Waals surface area contributed by atoms with Crippen LogP contribution < -0.4 is 9.80 Å². The molecule has 31 heavy (non-hydrogen) atoms. The van der Waals surface area contributed by atoms with Crippen molar-refractivity contribution in [2.24, 2.45) is 5.92 Å². The highest BCUT2D eigenvalue weighted by Crippen LogP contribution is 2.62. The number of hydrogen-bond donors (Lipinski definition) is 2. The second kappa shape index (κ2) is 7.33. The van der Waals surface area contributed by atoms with Gasteiger partial charge in [0.05, 0.1) is 19.6 Å². The molecular weight excluding hydrogens is 436 g/mol. The third-order valence-corrected chi connectivity index (χ3v) is 6.82. The van der Waals surface area contributed by atoms with Gasteiger partial charge in [0, 0.05) is 23.8 Å². The Morgan fingerprint density at radius 1 is 1.26 bits per heavy atom. The van der Waals surface area contributed by atoms with E-state index >= 15 is 0 Å². The number of rotatable bonds is 2. The number of ether oxygens (including phenoxy) is 1. The number of halogens is 4. The number of nitrogens with zero attached hydrogens (tertiary/aromatic N) is 1. The number of aliphatic hydroxyl groups excluding tert-OH is 1. The van der Waals surface area contributed by atoms with E-state index in [1.807, 2.05) is 0 Å². The Morgan fingerprint density at radius 2 is 1.94 bits per heavy atom. The minimum absolute atomic E-state index is 0.0135. The zero-order valence-electron chi connectivity index (χ0n) is 16.3. The molecule has 0 aromatic heterocycles. The molecule has 0 bridgehead atoms. The molecule has 2 aromatic rings. The summed E-state index contributed by atoms with van der Waals surface area (Å²) >= 11 is 5.48. The van der Waals surface area contributed by atoms with Crippen LogP contribution in [0.1, 0.15) is 15.9 Å². The fraction of sp³-hybridized carbons (Fsp3) is 0.333. The lowest BCUT2D eigenvalue weighted by molar-refractivity contribution is -0.219. The van der Waals surface area contributed by atoms with Crippen LogP contribution >= 0.6 is 12.2 Å². The van der Waals surface area contributed by atoms with Gasteiger partial charge in [-0.25, -0.2) is 8.87 Å². The number of carbonyl (C=O) groups excluding carboxylic acids is 1. The summed E-state index contributed by atoms with van der Waals surface area (Å²) in [7, 11) is 1.50. The van der Waals surface area contributed by atoms with Gasteiger partial charge in [-0.2, -0.15) is 13.2 Å². The number of thiocarbonyl (C=S) groups is 1. The van der Waals surface area contributed by atoms with Gasteiger partial charge >= 0.3 is 6.18 Å². The van der Waals surface area contributed by atoms with Crippen molar-refractivity contribution in [2.75, 3.05) is 20.3 Å². The second-order valence-corrected chi connectivity index (χ2v) is 8.14. The number of likely N-dealkylation sites (N-methyl/N-ethyl adjacent to an activating group) is 1. The SMILES string of the molecule is C[N+]1(C(=S)NC(=O)c2ccccc2)c2cccc(F)c2C12CO[C@H](C(F)(F)F)C2CO. The van der Waals surface area contributed by atoms with Gasteiger partial charge in [0.2, 0.25) is 0 Å². The van der Waals surface area contributed by atoms with E-state index in [1.165, 1.54) is 13.1 Å². The van der Waals surface area contributed by atoms with E-state index in [4.69, 9.17) is 17.0 Å². The second-order valence-electron chi connectivity index (χ2n) is 7.75. The summed E-state index contributed by atoms with van der Waals surface area (Å²) in [6.45, 7) is -1.42. The van der Waals surface area contributed by atoms with E-state index in [0.717, 1.165) is 6.07 Å². The Labute approximate surface area is 180 Å². The summed E-state index contributed by atoms with van der Waals surface area (Å²) in [6.07, 6.45) is -7.06. The minimum Gasteiger partial charge on any atom is -0.396 e.